The molecular weight excluding hydrogens is 181 g/mol. The van der Waals surface area contributed by atoms with Crippen molar-refractivity contribution in [2.45, 2.75) is 12.6 Å². The van der Waals surface area contributed by atoms with Gasteiger partial charge in [0.25, 0.3) is 0 Å². The van der Waals surface area contributed by atoms with E-state index in [1.54, 1.807) is 0 Å². The fourth-order valence-corrected chi connectivity index (χ4v) is 0.479. The van der Waals surface area contributed by atoms with Gasteiger partial charge in [0.15, 0.2) is 0 Å². The van der Waals surface area contributed by atoms with Crippen molar-refractivity contribution in [2.75, 3.05) is 0 Å². The van der Waals surface area contributed by atoms with Gasteiger partial charge in [-0.05, 0) is 0 Å². The summed E-state index contributed by atoms with van der Waals surface area (Å²) in [5, 5.41) is 0. The fourth-order valence-electron chi connectivity index (χ4n) is 0.479. The molecule has 0 aliphatic heterocycles. The topological polar surface area (TPSA) is 17.1 Å². The van der Waals surface area contributed by atoms with Crippen LogP contribution in [0.3, 0.4) is 0 Å². The molecule has 0 bridgehead atoms. The summed E-state index contributed by atoms with van der Waals surface area (Å²) in [7, 11) is 0. The molecule has 0 aliphatic rings. The van der Waals surface area contributed by atoms with Gasteiger partial charge in [-0.2, -0.15) is 13.2 Å². The van der Waals surface area contributed by atoms with Gasteiger partial charge in [0.05, 0.1) is 6.42 Å². The first-order valence-electron chi connectivity index (χ1n) is 3.56. The van der Waals surface area contributed by atoms with Crippen LogP contribution in [0.15, 0.2) is 36.4 Å². The zero-order valence-corrected chi connectivity index (χ0v) is 6.79. The summed E-state index contributed by atoms with van der Waals surface area (Å²) in [6, 6.07) is 12.0. The monoisotopic (exact) mass is 190 g/mol. The van der Waals surface area contributed by atoms with E-state index in [2.05, 4.69) is 0 Å². The second kappa shape index (κ2) is 6.22. The second-order valence-corrected chi connectivity index (χ2v) is 2.14. The van der Waals surface area contributed by atoms with Crippen molar-refractivity contribution in [1.82, 2.24) is 0 Å². The van der Waals surface area contributed by atoms with Crippen LogP contribution in [0.25, 0.3) is 0 Å². The van der Waals surface area contributed by atoms with Gasteiger partial charge in [0.2, 0.25) is 0 Å². The molecule has 1 aromatic carbocycles. The largest absolute Gasteiger partial charge is 0.395 e. The minimum absolute atomic E-state index is 0.167. The quantitative estimate of drug-likeness (QED) is 0.622. The van der Waals surface area contributed by atoms with Gasteiger partial charge in [0, 0.05) is 0 Å². The van der Waals surface area contributed by atoms with Crippen molar-refractivity contribution in [3.8, 4) is 0 Å². The molecule has 0 aliphatic carbocycles. The van der Waals surface area contributed by atoms with Crippen molar-refractivity contribution in [3.63, 3.8) is 0 Å². The number of alkyl halides is 3. The van der Waals surface area contributed by atoms with Gasteiger partial charge < -0.3 is 4.79 Å². The van der Waals surface area contributed by atoms with Crippen LogP contribution >= 0.6 is 0 Å². The zero-order valence-electron chi connectivity index (χ0n) is 6.79. The third kappa shape index (κ3) is 10.7. The maximum absolute atomic E-state index is 10.8. The standard InChI is InChI=1S/C6H6.C3H3F3O/c1-2-4-6-5-3-1;4-3(5,6)1-2-7/h1-6H;2H,1H2. The van der Waals surface area contributed by atoms with Gasteiger partial charge in [-0.25, -0.2) is 0 Å². The van der Waals surface area contributed by atoms with Crippen LogP contribution in [0.4, 0.5) is 13.2 Å². The van der Waals surface area contributed by atoms with Crippen molar-refractivity contribution in [2.24, 2.45) is 0 Å². The lowest BCUT2D eigenvalue weighted by molar-refractivity contribution is -0.144. The number of rotatable bonds is 1. The SMILES string of the molecule is O=CCC(F)(F)F.c1ccccc1. The molecule has 0 saturated heterocycles. The predicted octanol–water partition coefficient (Wildman–Crippen LogP) is 2.82. The first-order chi connectivity index (χ1) is 6.06. The Bertz CT molecular complexity index is 191. The van der Waals surface area contributed by atoms with Gasteiger partial charge in [-0.15, -0.1) is 0 Å². The lowest BCUT2D eigenvalue weighted by atomic mass is 10.4. The summed E-state index contributed by atoms with van der Waals surface area (Å²) in [5.41, 5.74) is 0. The molecule has 0 spiro atoms. The Morgan fingerprint density at radius 1 is 0.923 bits per heavy atom. The lowest BCUT2D eigenvalue weighted by Gasteiger charge is -1.95. The van der Waals surface area contributed by atoms with Crippen LogP contribution in [0.5, 0.6) is 0 Å². The van der Waals surface area contributed by atoms with E-state index in [4.69, 9.17) is 4.79 Å². The first kappa shape index (κ1) is 11.7. The van der Waals surface area contributed by atoms with Crippen LogP contribution in [-0.4, -0.2) is 12.5 Å². The number of aldehydes is 1. The Kier molecular flexibility index (Phi) is 5.59. The van der Waals surface area contributed by atoms with E-state index in [-0.39, 0.29) is 6.29 Å². The molecule has 0 radical (unpaired) electrons. The predicted molar refractivity (Wildman–Crippen MR) is 43.2 cm³/mol. The van der Waals surface area contributed by atoms with Gasteiger partial charge >= 0.3 is 6.18 Å². The molecule has 1 aromatic rings. The molecular formula is C9H9F3O. The van der Waals surface area contributed by atoms with E-state index >= 15 is 0 Å². The summed E-state index contributed by atoms with van der Waals surface area (Å²) >= 11 is 0. The molecule has 0 atom stereocenters. The fraction of sp³-hybridized carbons (Fsp3) is 0.222. The molecule has 72 valence electrons. The minimum atomic E-state index is -4.32. The van der Waals surface area contributed by atoms with Crippen LogP contribution in [0, 0.1) is 0 Å². The molecule has 0 aromatic heterocycles. The average molecular weight is 190 g/mol. The molecule has 13 heavy (non-hydrogen) atoms. The summed E-state index contributed by atoms with van der Waals surface area (Å²) in [6.07, 6.45) is -5.82. The van der Waals surface area contributed by atoms with Crippen molar-refractivity contribution in [1.29, 1.82) is 0 Å². The van der Waals surface area contributed by atoms with Crippen LogP contribution < -0.4 is 0 Å². The van der Waals surface area contributed by atoms with E-state index in [1.165, 1.54) is 0 Å². The second-order valence-electron chi connectivity index (χ2n) is 2.14. The Morgan fingerprint density at radius 2 is 1.23 bits per heavy atom. The van der Waals surface area contributed by atoms with Crippen LogP contribution in [0.2, 0.25) is 0 Å². The highest BCUT2D eigenvalue weighted by atomic mass is 19.4. The van der Waals surface area contributed by atoms with E-state index < -0.39 is 12.6 Å². The highest BCUT2D eigenvalue weighted by Crippen LogP contribution is 2.16. The molecule has 0 saturated carbocycles. The molecule has 4 heteroatoms. The highest BCUT2D eigenvalue weighted by Gasteiger charge is 2.25. The molecule has 0 heterocycles. The van der Waals surface area contributed by atoms with Crippen molar-refractivity contribution < 1.29 is 18.0 Å². The van der Waals surface area contributed by atoms with E-state index in [0.717, 1.165) is 0 Å². The third-order valence-electron chi connectivity index (χ3n) is 0.981. The smallest absolute Gasteiger partial charge is 0.303 e. The Hall–Kier alpha value is -1.32. The number of hydrogen-bond acceptors (Lipinski definition) is 1. The van der Waals surface area contributed by atoms with E-state index in [0.29, 0.717) is 0 Å². The summed E-state index contributed by atoms with van der Waals surface area (Å²) in [4.78, 5) is 9.10. The van der Waals surface area contributed by atoms with Gasteiger partial charge in [-0.3, -0.25) is 0 Å². The molecule has 1 nitrogen and oxygen atoms in total. The number of carbonyl (C=O) groups is 1. The normalized spacial score (nSPS) is 9.77. The summed E-state index contributed by atoms with van der Waals surface area (Å²) in [5.74, 6) is 0. The number of hydrogen-bond donors (Lipinski definition) is 0. The third-order valence-corrected chi connectivity index (χ3v) is 0.981. The molecule has 0 amide bonds. The number of benzene rings is 1. The summed E-state index contributed by atoms with van der Waals surface area (Å²) < 4.78 is 32.5. The Balaban J connectivity index is 0.000000223. The van der Waals surface area contributed by atoms with Crippen molar-refractivity contribution in [3.05, 3.63) is 36.4 Å². The zero-order chi connectivity index (χ0) is 10.2. The number of halogens is 3. The first-order valence-corrected chi connectivity index (χ1v) is 3.56. The maximum Gasteiger partial charge on any atom is 0.395 e. The molecule has 0 unspecified atom stereocenters. The Morgan fingerprint density at radius 3 is 1.31 bits per heavy atom. The van der Waals surface area contributed by atoms with Gasteiger partial charge in [0.1, 0.15) is 6.29 Å². The maximum atomic E-state index is 10.8. The van der Waals surface area contributed by atoms with Crippen LogP contribution in [0.1, 0.15) is 6.42 Å². The van der Waals surface area contributed by atoms with Gasteiger partial charge in [-0.1, -0.05) is 36.4 Å². The minimum Gasteiger partial charge on any atom is -0.303 e. The molecule has 0 fully saturated rings. The summed E-state index contributed by atoms with van der Waals surface area (Å²) in [6.45, 7) is 0. The Labute approximate surface area is 74.2 Å². The van der Waals surface area contributed by atoms with E-state index in [9.17, 15) is 13.2 Å². The van der Waals surface area contributed by atoms with Crippen molar-refractivity contribution >= 4 is 6.29 Å². The van der Waals surface area contributed by atoms with Crippen LogP contribution in [-0.2, 0) is 4.79 Å². The molecule has 0 N–H and O–H groups in total. The molecule has 1 rings (SSSR count). The lowest BCUT2D eigenvalue weighted by Crippen LogP contribution is -2.06. The number of carbonyl (C=O) groups excluding carboxylic acids is 1. The van der Waals surface area contributed by atoms with E-state index in [1.807, 2.05) is 36.4 Å². The average Bonchev–Trinajstić information content (AvgIpc) is 2.06. The highest BCUT2D eigenvalue weighted by molar-refractivity contribution is 5.50.